The average molecular weight is 351 g/mol. The Kier molecular flexibility index (Phi) is 6.76. The van der Waals surface area contributed by atoms with E-state index in [0.717, 1.165) is 23.4 Å². The Hall–Kier alpha value is -2.84. The molecule has 5 heteroatoms. The summed E-state index contributed by atoms with van der Waals surface area (Å²) >= 11 is 0. The van der Waals surface area contributed by atoms with Crippen molar-refractivity contribution in [2.24, 2.45) is 0 Å². The van der Waals surface area contributed by atoms with Crippen molar-refractivity contribution in [3.05, 3.63) is 58.7 Å². The maximum absolute atomic E-state index is 12.1. The molecule has 0 radical (unpaired) electrons. The molecular formula is C21H25N3O2. The Morgan fingerprint density at radius 2 is 1.81 bits per heavy atom. The van der Waals surface area contributed by atoms with E-state index in [2.05, 4.69) is 28.4 Å². The van der Waals surface area contributed by atoms with Gasteiger partial charge in [-0.1, -0.05) is 12.1 Å². The van der Waals surface area contributed by atoms with Gasteiger partial charge in [0, 0.05) is 25.2 Å². The van der Waals surface area contributed by atoms with Crippen molar-refractivity contribution in [2.75, 3.05) is 26.0 Å². The summed E-state index contributed by atoms with van der Waals surface area (Å²) in [6.45, 7) is 5.52. The van der Waals surface area contributed by atoms with Crippen LogP contribution >= 0.6 is 0 Å². The van der Waals surface area contributed by atoms with Crippen molar-refractivity contribution in [1.82, 2.24) is 4.90 Å². The Labute approximate surface area is 155 Å². The number of methoxy groups -OCH3 is 1. The van der Waals surface area contributed by atoms with Crippen molar-refractivity contribution in [3.63, 3.8) is 0 Å². The van der Waals surface area contributed by atoms with Crippen molar-refractivity contribution < 1.29 is 9.53 Å². The number of hydrogen-bond donors (Lipinski definition) is 1. The molecule has 0 saturated carbocycles. The molecule has 1 N–H and O–H groups in total. The first-order chi connectivity index (χ1) is 12.4. The number of carbonyl (C=O) groups excluding carboxylic acids is 1. The SMILES string of the molecule is COc1c(C)cc(CN(C)CCC(=O)Nc2ccc(C#N)cc2)cc1C. The summed E-state index contributed by atoms with van der Waals surface area (Å²) in [4.78, 5) is 14.2. The smallest absolute Gasteiger partial charge is 0.225 e. The van der Waals surface area contributed by atoms with E-state index in [1.165, 1.54) is 5.56 Å². The van der Waals surface area contributed by atoms with Crippen LogP contribution < -0.4 is 10.1 Å². The number of rotatable bonds is 7. The molecule has 0 bridgehead atoms. The first-order valence-electron chi connectivity index (χ1n) is 8.55. The van der Waals surface area contributed by atoms with E-state index < -0.39 is 0 Å². The second-order valence-corrected chi connectivity index (χ2v) is 6.49. The van der Waals surface area contributed by atoms with Gasteiger partial charge in [0.15, 0.2) is 0 Å². The molecule has 0 atom stereocenters. The second-order valence-electron chi connectivity index (χ2n) is 6.49. The summed E-state index contributed by atoms with van der Waals surface area (Å²) in [5.74, 6) is 0.891. The van der Waals surface area contributed by atoms with Crippen molar-refractivity contribution >= 4 is 11.6 Å². The summed E-state index contributed by atoms with van der Waals surface area (Å²) < 4.78 is 5.40. The summed E-state index contributed by atoms with van der Waals surface area (Å²) in [6.07, 6.45) is 0.407. The third-order valence-electron chi connectivity index (χ3n) is 4.20. The lowest BCUT2D eigenvalue weighted by Crippen LogP contribution is -2.24. The fourth-order valence-electron chi connectivity index (χ4n) is 2.99. The van der Waals surface area contributed by atoms with Gasteiger partial charge >= 0.3 is 0 Å². The van der Waals surface area contributed by atoms with Crippen LogP contribution in [0.5, 0.6) is 5.75 Å². The normalized spacial score (nSPS) is 10.5. The van der Waals surface area contributed by atoms with E-state index in [-0.39, 0.29) is 5.91 Å². The third-order valence-corrected chi connectivity index (χ3v) is 4.20. The quantitative estimate of drug-likeness (QED) is 0.827. The molecule has 0 aliphatic heterocycles. The van der Waals surface area contributed by atoms with Crippen molar-refractivity contribution in [1.29, 1.82) is 5.26 Å². The monoisotopic (exact) mass is 351 g/mol. The second kappa shape index (κ2) is 9.02. The lowest BCUT2D eigenvalue weighted by atomic mass is 10.1. The zero-order valence-electron chi connectivity index (χ0n) is 15.8. The molecule has 2 aromatic carbocycles. The van der Waals surface area contributed by atoms with Crippen LogP contribution in [0.3, 0.4) is 0 Å². The van der Waals surface area contributed by atoms with Crippen molar-refractivity contribution in [3.8, 4) is 11.8 Å². The summed E-state index contributed by atoms with van der Waals surface area (Å²) in [6, 6.07) is 13.2. The van der Waals surface area contributed by atoms with Crippen molar-refractivity contribution in [2.45, 2.75) is 26.8 Å². The molecule has 0 saturated heterocycles. The number of anilines is 1. The van der Waals surface area contributed by atoms with Gasteiger partial charge in [-0.2, -0.15) is 5.26 Å². The number of nitrogens with one attached hydrogen (secondary N) is 1. The number of benzene rings is 2. The predicted molar refractivity (Wildman–Crippen MR) is 103 cm³/mol. The van der Waals surface area contributed by atoms with E-state index >= 15 is 0 Å². The molecule has 0 aromatic heterocycles. The number of nitrogens with zero attached hydrogens (tertiary/aromatic N) is 2. The van der Waals surface area contributed by atoms with Gasteiger partial charge in [0.1, 0.15) is 5.75 Å². The van der Waals surface area contributed by atoms with Crippen LogP contribution in [0.25, 0.3) is 0 Å². The molecule has 0 heterocycles. The highest BCUT2D eigenvalue weighted by Gasteiger charge is 2.09. The van der Waals surface area contributed by atoms with Gasteiger partial charge in [0.2, 0.25) is 5.91 Å². The van der Waals surface area contributed by atoms with Gasteiger partial charge in [0.05, 0.1) is 18.7 Å². The summed E-state index contributed by atoms with van der Waals surface area (Å²) in [5, 5.41) is 11.6. The number of ether oxygens (including phenoxy) is 1. The molecule has 1 amide bonds. The van der Waals surface area contributed by atoms with Crippen LogP contribution in [0.1, 0.15) is 28.7 Å². The van der Waals surface area contributed by atoms with Crippen LogP contribution in [0.4, 0.5) is 5.69 Å². The van der Waals surface area contributed by atoms with Gasteiger partial charge in [-0.25, -0.2) is 0 Å². The number of carbonyl (C=O) groups is 1. The molecule has 26 heavy (non-hydrogen) atoms. The molecule has 0 aliphatic carbocycles. The first-order valence-corrected chi connectivity index (χ1v) is 8.55. The number of aryl methyl sites for hydroxylation is 2. The maximum atomic E-state index is 12.1. The fraction of sp³-hybridized carbons (Fsp3) is 0.333. The van der Waals surface area contributed by atoms with Gasteiger partial charge in [-0.05, 0) is 61.9 Å². The van der Waals surface area contributed by atoms with Crippen LogP contribution in [0.2, 0.25) is 0 Å². The van der Waals surface area contributed by atoms with E-state index in [1.807, 2.05) is 20.9 Å². The van der Waals surface area contributed by atoms with Crippen LogP contribution in [-0.4, -0.2) is 31.5 Å². The third kappa shape index (κ3) is 5.33. The van der Waals surface area contributed by atoms with E-state index in [1.54, 1.807) is 31.4 Å². The molecular weight excluding hydrogens is 326 g/mol. The maximum Gasteiger partial charge on any atom is 0.225 e. The molecule has 2 aromatic rings. The molecule has 2 rings (SSSR count). The minimum atomic E-state index is -0.0383. The lowest BCUT2D eigenvalue weighted by Gasteiger charge is -2.18. The number of amides is 1. The van der Waals surface area contributed by atoms with Gasteiger partial charge < -0.3 is 15.0 Å². The lowest BCUT2D eigenvalue weighted by molar-refractivity contribution is -0.116. The molecule has 0 spiro atoms. The minimum absolute atomic E-state index is 0.0383. The Morgan fingerprint density at radius 1 is 1.19 bits per heavy atom. The number of nitriles is 1. The highest BCUT2D eigenvalue weighted by Crippen LogP contribution is 2.24. The Morgan fingerprint density at radius 3 is 2.35 bits per heavy atom. The highest BCUT2D eigenvalue weighted by molar-refractivity contribution is 5.90. The molecule has 0 fully saturated rings. The largest absolute Gasteiger partial charge is 0.496 e. The molecule has 0 aliphatic rings. The topological polar surface area (TPSA) is 65.4 Å². The highest BCUT2D eigenvalue weighted by atomic mass is 16.5. The van der Waals surface area contributed by atoms with E-state index in [0.29, 0.717) is 24.2 Å². The fourth-order valence-corrected chi connectivity index (χ4v) is 2.99. The van der Waals surface area contributed by atoms with Gasteiger partial charge in [-0.3, -0.25) is 4.79 Å². The minimum Gasteiger partial charge on any atom is -0.496 e. The van der Waals surface area contributed by atoms with Crippen LogP contribution in [0, 0.1) is 25.2 Å². The number of hydrogen-bond acceptors (Lipinski definition) is 4. The Balaban J connectivity index is 1.85. The zero-order valence-corrected chi connectivity index (χ0v) is 15.8. The van der Waals surface area contributed by atoms with Crippen LogP contribution in [0.15, 0.2) is 36.4 Å². The van der Waals surface area contributed by atoms with E-state index in [9.17, 15) is 4.79 Å². The van der Waals surface area contributed by atoms with Gasteiger partial charge in [-0.15, -0.1) is 0 Å². The zero-order chi connectivity index (χ0) is 19.1. The predicted octanol–water partition coefficient (Wildman–Crippen LogP) is 3.64. The molecule has 136 valence electrons. The molecule has 5 nitrogen and oxygen atoms in total. The Bertz CT molecular complexity index is 784. The van der Waals surface area contributed by atoms with Gasteiger partial charge in [0.25, 0.3) is 0 Å². The summed E-state index contributed by atoms with van der Waals surface area (Å²) in [5.41, 5.74) is 4.73. The molecule has 0 unspecified atom stereocenters. The summed E-state index contributed by atoms with van der Waals surface area (Å²) in [7, 11) is 3.69. The van der Waals surface area contributed by atoms with E-state index in [4.69, 9.17) is 10.00 Å². The average Bonchev–Trinajstić information content (AvgIpc) is 2.60. The van der Waals surface area contributed by atoms with Crippen LogP contribution in [-0.2, 0) is 11.3 Å². The first kappa shape index (κ1) is 19.5. The standard InChI is InChI=1S/C21H25N3O2/c1-15-11-18(12-16(2)21(15)26-4)14-24(3)10-9-20(25)23-19-7-5-17(13-22)6-8-19/h5-8,11-12H,9-10,14H2,1-4H3,(H,23,25).